The van der Waals surface area contributed by atoms with Crippen molar-refractivity contribution in [1.82, 2.24) is 0 Å². The highest BCUT2D eigenvalue weighted by atomic mass is 32.2. The molecular weight excluding hydrogens is 365 g/mol. The molecular formula is C19H13F3O3S. The van der Waals surface area contributed by atoms with Gasteiger partial charge in [-0.2, -0.15) is 21.6 Å². The number of alkyl halides is 3. The molecule has 0 amide bonds. The Hall–Kier alpha value is -2.80. The van der Waals surface area contributed by atoms with Crippen LogP contribution in [0.15, 0.2) is 78.9 Å². The fraction of sp³-hybridized carbons (Fsp3) is 0.0526. The molecule has 0 saturated carbocycles. The summed E-state index contributed by atoms with van der Waals surface area (Å²) in [5, 5.41) is 0. The average Bonchev–Trinajstić information content (AvgIpc) is 2.62. The highest BCUT2D eigenvalue weighted by molar-refractivity contribution is 7.88. The number of benzene rings is 3. The van der Waals surface area contributed by atoms with E-state index in [-0.39, 0.29) is 0 Å². The van der Waals surface area contributed by atoms with Crippen LogP contribution in [0, 0.1) is 0 Å². The van der Waals surface area contributed by atoms with Crippen molar-refractivity contribution >= 4 is 10.1 Å². The number of hydrogen-bond acceptors (Lipinski definition) is 3. The number of halogens is 3. The summed E-state index contributed by atoms with van der Waals surface area (Å²) in [6.07, 6.45) is 0. The first-order valence-corrected chi connectivity index (χ1v) is 8.94. The molecule has 0 unspecified atom stereocenters. The zero-order chi connectivity index (χ0) is 18.8. The van der Waals surface area contributed by atoms with E-state index < -0.39 is 21.4 Å². The van der Waals surface area contributed by atoms with E-state index in [1.54, 1.807) is 0 Å². The van der Waals surface area contributed by atoms with Crippen molar-refractivity contribution in [1.29, 1.82) is 0 Å². The van der Waals surface area contributed by atoms with Crippen LogP contribution in [-0.2, 0) is 10.1 Å². The standard InChI is InChI=1S/C19H13F3O3S/c20-19(21,22)26(23,24)25-18-12-10-17(11-13-18)16-8-6-15(7-9-16)14-4-2-1-3-5-14/h1-13H. The fourth-order valence-corrected chi connectivity index (χ4v) is 2.82. The summed E-state index contributed by atoms with van der Waals surface area (Å²) in [6, 6.07) is 22.8. The van der Waals surface area contributed by atoms with E-state index in [1.807, 2.05) is 54.6 Å². The second-order valence-corrected chi connectivity index (χ2v) is 6.99. The van der Waals surface area contributed by atoms with Crippen molar-refractivity contribution in [2.24, 2.45) is 0 Å². The first kappa shape index (κ1) is 18.0. The molecule has 0 aliphatic rings. The van der Waals surface area contributed by atoms with Crippen molar-refractivity contribution < 1.29 is 25.8 Å². The van der Waals surface area contributed by atoms with E-state index in [0.717, 1.165) is 22.3 Å². The van der Waals surface area contributed by atoms with E-state index in [4.69, 9.17) is 0 Å². The summed E-state index contributed by atoms with van der Waals surface area (Å²) in [5.41, 5.74) is -1.79. The molecule has 7 heteroatoms. The minimum Gasteiger partial charge on any atom is -0.376 e. The Bertz CT molecular complexity index is 979. The Morgan fingerprint density at radius 1 is 0.615 bits per heavy atom. The Balaban J connectivity index is 1.79. The molecule has 3 nitrogen and oxygen atoms in total. The molecule has 0 aliphatic carbocycles. The predicted octanol–water partition coefficient (Wildman–Crippen LogP) is 5.25. The molecule has 0 aliphatic heterocycles. The Morgan fingerprint density at radius 2 is 1.00 bits per heavy atom. The van der Waals surface area contributed by atoms with Gasteiger partial charge in [0.05, 0.1) is 0 Å². The van der Waals surface area contributed by atoms with Gasteiger partial charge < -0.3 is 4.18 Å². The Labute approximate surface area is 148 Å². The largest absolute Gasteiger partial charge is 0.534 e. The van der Waals surface area contributed by atoms with Crippen molar-refractivity contribution in [3.8, 4) is 28.0 Å². The van der Waals surface area contributed by atoms with E-state index in [2.05, 4.69) is 4.18 Å². The monoisotopic (exact) mass is 378 g/mol. The van der Waals surface area contributed by atoms with Crippen molar-refractivity contribution in [3.63, 3.8) is 0 Å². The minimum absolute atomic E-state index is 0.396. The first-order chi connectivity index (χ1) is 12.3. The van der Waals surface area contributed by atoms with Gasteiger partial charge in [-0.15, -0.1) is 0 Å². The Kier molecular flexibility index (Phi) is 4.73. The predicted molar refractivity (Wildman–Crippen MR) is 92.9 cm³/mol. The number of hydrogen-bond donors (Lipinski definition) is 0. The van der Waals surface area contributed by atoms with Crippen LogP contribution in [0.2, 0.25) is 0 Å². The van der Waals surface area contributed by atoms with E-state index in [9.17, 15) is 21.6 Å². The maximum absolute atomic E-state index is 12.3. The molecule has 3 aromatic carbocycles. The minimum atomic E-state index is -5.66. The molecule has 0 aromatic heterocycles. The summed E-state index contributed by atoms with van der Waals surface area (Å²) in [6.45, 7) is 0. The molecule has 0 radical (unpaired) electrons. The molecule has 134 valence electrons. The van der Waals surface area contributed by atoms with Crippen LogP contribution in [0.4, 0.5) is 13.2 Å². The lowest BCUT2D eigenvalue weighted by atomic mass is 10.0. The molecule has 3 aromatic rings. The van der Waals surface area contributed by atoms with Gasteiger partial charge in [0, 0.05) is 0 Å². The maximum Gasteiger partial charge on any atom is 0.534 e. The van der Waals surface area contributed by atoms with Crippen LogP contribution in [0.1, 0.15) is 0 Å². The quantitative estimate of drug-likeness (QED) is 0.460. The second-order valence-electron chi connectivity index (χ2n) is 5.45. The Morgan fingerprint density at radius 3 is 1.42 bits per heavy atom. The van der Waals surface area contributed by atoms with Crippen LogP contribution >= 0.6 is 0 Å². The van der Waals surface area contributed by atoms with Crippen LogP contribution in [-0.4, -0.2) is 13.9 Å². The molecule has 0 atom stereocenters. The summed E-state index contributed by atoms with van der Waals surface area (Å²) in [7, 11) is -5.66. The first-order valence-electron chi connectivity index (χ1n) is 7.53. The maximum atomic E-state index is 12.3. The summed E-state index contributed by atoms with van der Waals surface area (Å²) < 4.78 is 63.1. The lowest BCUT2D eigenvalue weighted by Gasteiger charge is -2.10. The molecule has 26 heavy (non-hydrogen) atoms. The van der Waals surface area contributed by atoms with Gasteiger partial charge in [-0.1, -0.05) is 66.7 Å². The van der Waals surface area contributed by atoms with Gasteiger partial charge in [0.2, 0.25) is 0 Å². The SMILES string of the molecule is O=S(=O)(Oc1ccc(-c2ccc(-c3ccccc3)cc2)cc1)C(F)(F)F. The van der Waals surface area contributed by atoms with Crippen LogP contribution in [0.5, 0.6) is 5.75 Å². The lowest BCUT2D eigenvalue weighted by molar-refractivity contribution is -0.0500. The van der Waals surface area contributed by atoms with Crippen molar-refractivity contribution in [3.05, 3.63) is 78.9 Å². The van der Waals surface area contributed by atoms with Crippen LogP contribution in [0.25, 0.3) is 22.3 Å². The zero-order valence-electron chi connectivity index (χ0n) is 13.3. The van der Waals surface area contributed by atoms with Crippen LogP contribution < -0.4 is 4.18 Å². The van der Waals surface area contributed by atoms with Gasteiger partial charge in [-0.25, -0.2) is 0 Å². The van der Waals surface area contributed by atoms with Crippen molar-refractivity contribution in [2.75, 3.05) is 0 Å². The zero-order valence-corrected chi connectivity index (χ0v) is 14.1. The van der Waals surface area contributed by atoms with Gasteiger partial charge in [-0.3, -0.25) is 0 Å². The van der Waals surface area contributed by atoms with Gasteiger partial charge in [0.15, 0.2) is 0 Å². The summed E-state index contributed by atoms with van der Waals surface area (Å²) in [4.78, 5) is 0. The third kappa shape index (κ3) is 3.88. The van der Waals surface area contributed by atoms with Crippen molar-refractivity contribution in [2.45, 2.75) is 5.51 Å². The summed E-state index contributed by atoms with van der Waals surface area (Å²) >= 11 is 0. The van der Waals surface area contributed by atoms with Crippen LogP contribution in [0.3, 0.4) is 0 Å². The molecule has 0 spiro atoms. The molecule has 0 fully saturated rings. The van der Waals surface area contributed by atoms with Gasteiger partial charge in [0.25, 0.3) is 0 Å². The molecule has 0 heterocycles. The van der Waals surface area contributed by atoms with E-state index >= 15 is 0 Å². The van der Waals surface area contributed by atoms with Gasteiger partial charge >= 0.3 is 15.6 Å². The summed E-state index contributed by atoms with van der Waals surface area (Å²) in [5.74, 6) is -0.396. The third-order valence-corrected chi connectivity index (χ3v) is 4.65. The third-order valence-electron chi connectivity index (χ3n) is 3.67. The highest BCUT2D eigenvalue weighted by Crippen LogP contribution is 2.29. The molecule has 0 saturated heterocycles. The molecule has 3 rings (SSSR count). The normalized spacial score (nSPS) is 12.0. The smallest absolute Gasteiger partial charge is 0.376 e. The van der Waals surface area contributed by atoms with Gasteiger partial charge in [0.1, 0.15) is 5.75 Å². The van der Waals surface area contributed by atoms with E-state index in [1.165, 1.54) is 24.3 Å². The fourth-order valence-electron chi connectivity index (χ4n) is 2.36. The topological polar surface area (TPSA) is 43.4 Å². The molecule has 0 N–H and O–H groups in total. The second kappa shape index (κ2) is 6.84. The van der Waals surface area contributed by atoms with Gasteiger partial charge in [-0.05, 0) is 34.4 Å². The molecule has 0 bridgehead atoms. The van der Waals surface area contributed by atoms with E-state index in [0.29, 0.717) is 0 Å². The average molecular weight is 378 g/mol. The number of rotatable bonds is 4. The lowest BCUT2D eigenvalue weighted by Crippen LogP contribution is -2.28. The highest BCUT2D eigenvalue weighted by Gasteiger charge is 2.48.